The van der Waals surface area contributed by atoms with Crippen LogP contribution in [0.3, 0.4) is 0 Å². The number of carbonyl (C=O) groups is 3. The highest BCUT2D eigenvalue weighted by Crippen LogP contribution is 2.13. The van der Waals surface area contributed by atoms with Crippen molar-refractivity contribution in [1.82, 2.24) is 5.32 Å². The van der Waals surface area contributed by atoms with Gasteiger partial charge in [0.15, 0.2) is 0 Å². The van der Waals surface area contributed by atoms with Crippen molar-refractivity contribution in [2.45, 2.75) is 33.2 Å². The molecule has 6 nitrogen and oxygen atoms in total. The average Bonchev–Trinajstić information content (AvgIpc) is 2.61. The number of carboxylic acids is 1. The molecule has 0 saturated carbocycles. The van der Waals surface area contributed by atoms with Crippen LogP contribution in [-0.2, 0) is 16.0 Å². The molecule has 0 heterocycles. The number of hydrogen-bond donors (Lipinski definition) is 3. The van der Waals surface area contributed by atoms with Crippen LogP contribution >= 0.6 is 0 Å². The molecule has 0 aliphatic rings. The van der Waals surface area contributed by atoms with Gasteiger partial charge < -0.3 is 15.7 Å². The van der Waals surface area contributed by atoms with Gasteiger partial charge in [-0.25, -0.2) is 0 Å². The number of amides is 2. The Bertz CT molecular complexity index is 811. The number of nitrogens with one attached hydrogen (secondary N) is 2. The largest absolute Gasteiger partial charge is 0.481 e. The van der Waals surface area contributed by atoms with E-state index < -0.39 is 12.0 Å². The van der Waals surface area contributed by atoms with Gasteiger partial charge in [-0.05, 0) is 42.7 Å². The van der Waals surface area contributed by atoms with Gasteiger partial charge in [0, 0.05) is 11.3 Å². The van der Waals surface area contributed by atoms with Gasteiger partial charge in [-0.3, -0.25) is 14.4 Å². The SMILES string of the molecule is Cc1ccc(C(=O)NC(C(=O)Nc2ccc(CC(=O)O)cc2)C(C)C)cc1. The Balaban J connectivity index is 2.04. The Hall–Kier alpha value is -3.15. The number of carboxylic acid groups (broad SMARTS) is 1. The Kier molecular flexibility index (Phi) is 6.71. The van der Waals surface area contributed by atoms with E-state index in [1.54, 1.807) is 36.4 Å². The van der Waals surface area contributed by atoms with Crippen LogP contribution < -0.4 is 10.6 Å². The highest BCUT2D eigenvalue weighted by molar-refractivity contribution is 6.01. The maximum atomic E-state index is 12.6. The number of aryl methyl sites for hydroxylation is 1. The second-order valence-electron chi connectivity index (χ2n) is 6.82. The summed E-state index contributed by atoms with van der Waals surface area (Å²) in [5.41, 5.74) is 2.74. The standard InChI is InChI=1S/C21H24N2O4/c1-13(2)19(23-20(26)16-8-4-14(3)5-9-16)21(27)22-17-10-6-15(7-11-17)12-18(24)25/h4-11,13,19H,12H2,1-3H3,(H,22,27)(H,23,26)(H,24,25). The van der Waals surface area contributed by atoms with E-state index in [1.807, 2.05) is 32.9 Å². The van der Waals surface area contributed by atoms with Crippen molar-refractivity contribution in [1.29, 1.82) is 0 Å². The molecule has 0 radical (unpaired) electrons. The van der Waals surface area contributed by atoms with Crippen molar-refractivity contribution < 1.29 is 19.5 Å². The van der Waals surface area contributed by atoms with Gasteiger partial charge in [0.2, 0.25) is 5.91 Å². The van der Waals surface area contributed by atoms with Crippen molar-refractivity contribution in [3.05, 3.63) is 65.2 Å². The number of carbonyl (C=O) groups excluding carboxylic acids is 2. The Morgan fingerprint density at radius 1 is 0.963 bits per heavy atom. The lowest BCUT2D eigenvalue weighted by Gasteiger charge is -2.22. The van der Waals surface area contributed by atoms with E-state index >= 15 is 0 Å². The van der Waals surface area contributed by atoms with Gasteiger partial charge in [-0.1, -0.05) is 43.7 Å². The van der Waals surface area contributed by atoms with E-state index in [0.717, 1.165) is 5.56 Å². The topological polar surface area (TPSA) is 95.5 Å². The monoisotopic (exact) mass is 368 g/mol. The highest BCUT2D eigenvalue weighted by atomic mass is 16.4. The fourth-order valence-corrected chi connectivity index (χ4v) is 2.57. The van der Waals surface area contributed by atoms with E-state index in [4.69, 9.17) is 5.11 Å². The first kappa shape index (κ1) is 20.2. The van der Waals surface area contributed by atoms with Crippen LogP contribution in [0.2, 0.25) is 0 Å². The molecule has 2 rings (SSSR count). The zero-order valence-corrected chi connectivity index (χ0v) is 15.7. The van der Waals surface area contributed by atoms with Crippen LogP contribution in [0, 0.1) is 12.8 Å². The quantitative estimate of drug-likeness (QED) is 0.700. The third-order valence-electron chi connectivity index (χ3n) is 4.13. The van der Waals surface area contributed by atoms with E-state index in [-0.39, 0.29) is 24.2 Å². The Morgan fingerprint density at radius 3 is 2.07 bits per heavy atom. The minimum atomic E-state index is -0.912. The lowest BCUT2D eigenvalue weighted by atomic mass is 10.0. The molecule has 2 aromatic carbocycles. The summed E-state index contributed by atoms with van der Waals surface area (Å²) in [4.78, 5) is 35.8. The summed E-state index contributed by atoms with van der Waals surface area (Å²) in [6.45, 7) is 5.65. The summed E-state index contributed by atoms with van der Waals surface area (Å²) in [5.74, 6) is -1.65. The van der Waals surface area contributed by atoms with Crippen LogP contribution in [0.4, 0.5) is 5.69 Å². The first-order chi connectivity index (χ1) is 12.8. The molecule has 142 valence electrons. The molecule has 27 heavy (non-hydrogen) atoms. The predicted octanol–water partition coefficient (Wildman–Crippen LogP) is 3.02. The van der Waals surface area contributed by atoms with E-state index in [9.17, 15) is 14.4 Å². The first-order valence-corrected chi connectivity index (χ1v) is 8.75. The molecule has 0 fully saturated rings. The number of rotatable bonds is 7. The Morgan fingerprint density at radius 2 is 1.56 bits per heavy atom. The summed E-state index contributed by atoms with van der Waals surface area (Å²) in [5, 5.41) is 14.3. The zero-order valence-electron chi connectivity index (χ0n) is 15.7. The number of aliphatic carboxylic acids is 1. The molecule has 0 saturated heterocycles. The second-order valence-corrected chi connectivity index (χ2v) is 6.82. The van der Waals surface area contributed by atoms with Gasteiger partial charge in [-0.2, -0.15) is 0 Å². The Labute approximate surface area is 158 Å². The number of anilines is 1. The second kappa shape index (κ2) is 8.98. The summed E-state index contributed by atoms with van der Waals surface area (Å²) in [6.07, 6.45) is -0.0740. The molecule has 2 amide bonds. The molecule has 0 aliphatic carbocycles. The molecule has 2 aromatic rings. The van der Waals surface area contributed by atoms with Gasteiger partial charge >= 0.3 is 5.97 Å². The number of hydrogen-bond acceptors (Lipinski definition) is 3. The van der Waals surface area contributed by atoms with Gasteiger partial charge in [0.1, 0.15) is 6.04 Å². The molecule has 3 N–H and O–H groups in total. The van der Waals surface area contributed by atoms with Gasteiger partial charge in [-0.15, -0.1) is 0 Å². The minimum Gasteiger partial charge on any atom is -0.481 e. The van der Waals surface area contributed by atoms with Crippen molar-refractivity contribution in [2.24, 2.45) is 5.92 Å². The molecular weight excluding hydrogens is 344 g/mol. The summed E-state index contributed by atoms with van der Waals surface area (Å²) >= 11 is 0. The highest BCUT2D eigenvalue weighted by Gasteiger charge is 2.24. The van der Waals surface area contributed by atoms with Gasteiger partial charge in [0.05, 0.1) is 6.42 Å². The molecular formula is C21H24N2O4. The molecule has 0 aliphatic heterocycles. The summed E-state index contributed by atoms with van der Waals surface area (Å²) in [7, 11) is 0. The van der Waals surface area contributed by atoms with Crippen LogP contribution in [0.5, 0.6) is 0 Å². The summed E-state index contributed by atoms with van der Waals surface area (Å²) in [6, 6.07) is 13.0. The minimum absolute atomic E-state index is 0.0740. The van der Waals surface area contributed by atoms with Crippen LogP contribution in [0.15, 0.2) is 48.5 Å². The van der Waals surface area contributed by atoms with Crippen LogP contribution in [0.25, 0.3) is 0 Å². The maximum absolute atomic E-state index is 12.6. The molecule has 1 atom stereocenters. The summed E-state index contributed by atoms with van der Waals surface area (Å²) < 4.78 is 0. The van der Waals surface area contributed by atoms with E-state index in [0.29, 0.717) is 16.8 Å². The maximum Gasteiger partial charge on any atom is 0.307 e. The fourth-order valence-electron chi connectivity index (χ4n) is 2.57. The molecule has 1 unspecified atom stereocenters. The first-order valence-electron chi connectivity index (χ1n) is 8.75. The molecule has 0 aromatic heterocycles. The van der Waals surface area contributed by atoms with E-state index in [2.05, 4.69) is 10.6 Å². The lowest BCUT2D eigenvalue weighted by molar-refractivity contribution is -0.136. The normalized spacial score (nSPS) is 11.7. The zero-order chi connectivity index (χ0) is 20.0. The third-order valence-corrected chi connectivity index (χ3v) is 4.13. The smallest absolute Gasteiger partial charge is 0.307 e. The predicted molar refractivity (Wildman–Crippen MR) is 104 cm³/mol. The third kappa shape index (κ3) is 5.95. The van der Waals surface area contributed by atoms with Crippen molar-refractivity contribution >= 4 is 23.5 Å². The fraction of sp³-hybridized carbons (Fsp3) is 0.286. The lowest BCUT2D eigenvalue weighted by Crippen LogP contribution is -2.47. The van der Waals surface area contributed by atoms with E-state index in [1.165, 1.54) is 0 Å². The molecule has 0 bridgehead atoms. The van der Waals surface area contributed by atoms with Crippen molar-refractivity contribution in [2.75, 3.05) is 5.32 Å². The molecule has 6 heteroatoms. The molecule has 0 spiro atoms. The van der Waals surface area contributed by atoms with Gasteiger partial charge in [0.25, 0.3) is 5.91 Å². The average molecular weight is 368 g/mol. The van der Waals surface area contributed by atoms with Crippen molar-refractivity contribution in [3.8, 4) is 0 Å². The van der Waals surface area contributed by atoms with Crippen LogP contribution in [0.1, 0.15) is 35.3 Å². The van der Waals surface area contributed by atoms with Crippen LogP contribution in [-0.4, -0.2) is 28.9 Å². The van der Waals surface area contributed by atoms with Crippen molar-refractivity contribution in [3.63, 3.8) is 0 Å². The number of benzene rings is 2.